The molecular formula is C21H19Cl2N5O2. The van der Waals surface area contributed by atoms with Crippen molar-refractivity contribution in [1.29, 1.82) is 0 Å². The van der Waals surface area contributed by atoms with Gasteiger partial charge >= 0.3 is 0 Å². The third kappa shape index (κ3) is 3.00. The van der Waals surface area contributed by atoms with Crippen LogP contribution in [-0.4, -0.2) is 39.3 Å². The van der Waals surface area contributed by atoms with E-state index < -0.39 is 0 Å². The molecule has 1 amide bonds. The van der Waals surface area contributed by atoms with Crippen LogP contribution in [0.4, 0.5) is 5.88 Å². The van der Waals surface area contributed by atoms with E-state index in [0.717, 1.165) is 33.8 Å². The van der Waals surface area contributed by atoms with E-state index in [2.05, 4.69) is 17.1 Å². The number of hydrogen-bond donors (Lipinski definition) is 1. The van der Waals surface area contributed by atoms with E-state index >= 15 is 0 Å². The smallest absolute Gasteiger partial charge is 0.254 e. The van der Waals surface area contributed by atoms with E-state index in [1.165, 1.54) is 0 Å². The molecule has 4 heterocycles. The van der Waals surface area contributed by atoms with Gasteiger partial charge in [-0.15, -0.1) is 0 Å². The van der Waals surface area contributed by atoms with Gasteiger partial charge in [-0.2, -0.15) is 5.10 Å². The fourth-order valence-electron chi connectivity index (χ4n) is 4.16. The molecule has 30 heavy (non-hydrogen) atoms. The summed E-state index contributed by atoms with van der Waals surface area (Å²) in [7, 11) is 1.80. The Kier molecular flexibility index (Phi) is 4.60. The van der Waals surface area contributed by atoms with E-state index in [0.29, 0.717) is 54.0 Å². The lowest BCUT2D eigenvalue weighted by atomic mass is 10.00. The minimum atomic E-state index is -0.0894. The molecule has 0 aliphatic carbocycles. The van der Waals surface area contributed by atoms with Gasteiger partial charge in [0.05, 0.1) is 40.1 Å². The Hall–Kier alpha value is -2.77. The Labute approximate surface area is 183 Å². The molecule has 0 bridgehead atoms. The number of carbonyl (C=O) groups excluding carboxylic acids is 1. The minimum absolute atomic E-state index is 0.0894. The third-order valence-corrected chi connectivity index (χ3v) is 6.33. The molecule has 154 valence electrons. The predicted octanol–water partition coefficient (Wildman–Crippen LogP) is 4.20. The average Bonchev–Trinajstić information content (AvgIpc) is 3.25. The van der Waals surface area contributed by atoms with E-state index in [9.17, 15) is 4.79 Å². The van der Waals surface area contributed by atoms with E-state index in [4.69, 9.17) is 32.8 Å². The molecule has 0 atom stereocenters. The SMILES string of the molecule is C=C1Cc2c(noc2NC)-c2c3c(nn2C1)CCN(C(=O)c1ccc(Cl)c(Cl)c1)C3. The highest BCUT2D eigenvalue weighted by Gasteiger charge is 2.33. The van der Waals surface area contributed by atoms with Crippen LogP contribution in [0, 0.1) is 0 Å². The minimum Gasteiger partial charge on any atom is -0.357 e. The van der Waals surface area contributed by atoms with Crippen LogP contribution in [0.3, 0.4) is 0 Å². The lowest BCUT2D eigenvalue weighted by Crippen LogP contribution is -2.36. The molecule has 3 aromatic rings. The van der Waals surface area contributed by atoms with Gasteiger partial charge in [-0.1, -0.05) is 40.5 Å². The maximum atomic E-state index is 13.1. The van der Waals surface area contributed by atoms with Crippen LogP contribution in [-0.2, 0) is 25.9 Å². The van der Waals surface area contributed by atoms with Gasteiger partial charge in [0.1, 0.15) is 5.69 Å². The summed E-state index contributed by atoms with van der Waals surface area (Å²) in [6, 6.07) is 4.95. The second-order valence-electron chi connectivity index (χ2n) is 7.55. The van der Waals surface area contributed by atoms with Crippen molar-refractivity contribution in [3.05, 3.63) is 62.8 Å². The molecule has 2 aliphatic heterocycles. The molecule has 0 spiro atoms. The summed E-state index contributed by atoms with van der Waals surface area (Å²) in [6.07, 6.45) is 1.33. The maximum absolute atomic E-state index is 13.1. The van der Waals surface area contributed by atoms with Crippen LogP contribution in [0.5, 0.6) is 0 Å². The summed E-state index contributed by atoms with van der Waals surface area (Å²) < 4.78 is 7.44. The molecule has 7 nitrogen and oxygen atoms in total. The zero-order chi connectivity index (χ0) is 21.0. The fraction of sp³-hybridized carbons (Fsp3) is 0.286. The molecular weight excluding hydrogens is 425 g/mol. The highest BCUT2D eigenvalue weighted by molar-refractivity contribution is 6.42. The standard InChI is InChI=1S/C21H19Cl2N5O2/c1-11-7-13-18(26-30-20(13)24-2)19-14-10-27(6-5-17(14)25-28(19)9-11)21(29)12-3-4-15(22)16(23)8-12/h3-4,8,24H,1,5-7,9-10H2,2H3. The first-order valence-corrected chi connectivity index (χ1v) is 10.4. The number of benzene rings is 1. The molecule has 1 aromatic carbocycles. The van der Waals surface area contributed by atoms with Crippen molar-refractivity contribution >= 4 is 35.0 Å². The molecule has 0 saturated carbocycles. The van der Waals surface area contributed by atoms with Crippen molar-refractivity contribution in [2.45, 2.75) is 25.9 Å². The fourth-order valence-corrected chi connectivity index (χ4v) is 4.46. The lowest BCUT2D eigenvalue weighted by molar-refractivity contribution is 0.0734. The first-order chi connectivity index (χ1) is 14.5. The Balaban J connectivity index is 1.54. The maximum Gasteiger partial charge on any atom is 0.254 e. The van der Waals surface area contributed by atoms with E-state index in [1.54, 1.807) is 25.2 Å². The van der Waals surface area contributed by atoms with Crippen LogP contribution in [0.25, 0.3) is 11.4 Å². The number of amides is 1. The van der Waals surface area contributed by atoms with Gasteiger partial charge in [0.2, 0.25) is 5.88 Å². The number of nitrogens with one attached hydrogen (secondary N) is 1. The second-order valence-corrected chi connectivity index (χ2v) is 8.37. The van der Waals surface area contributed by atoms with Crippen molar-refractivity contribution in [2.75, 3.05) is 18.9 Å². The summed E-state index contributed by atoms with van der Waals surface area (Å²) in [4.78, 5) is 14.9. The van der Waals surface area contributed by atoms with Gasteiger partial charge in [0, 0.05) is 37.6 Å². The number of hydrogen-bond acceptors (Lipinski definition) is 5. The number of allylic oxidation sites excluding steroid dienone is 1. The normalized spacial score (nSPS) is 15.3. The summed E-state index contributed by atoms with van der Waals surface area (Å²) in [5.74, 6) is 0.544. The summed E-state index contributed by atoms with van der Waals surface area (Å²) in [5, 5.41) is 13.0. The van der Waals surface area contributed by atoms with Gasteiger partial charge < -0.3 is 14.7 Å². The number of fused-ring (bicyclic) bond motifs is 5. The number of halogens is 2. The molecule has 0 saturated heterocycles. The van der Waals surface area contributed by atoms with Gasteiger partial charge in [-0.05, 0) is 18.2 Å². The highest BCUT2D eigenvalue weighted by Crippen LogP contribution is 2.38. The van der Waals surface area contributed by atoms with Crippen LogP contribution in [0.15, 0.2) is 34.9 Å². The van der Waals surface area contributed by atoms with Gasteiger partial charge in [0.25, 0.3) is 5.91 Å². The number of anilines is 1. The topological polar surface area (TPSA) is 76.2 Å². The Bertz CT molecular complexity index is 1200. The van der Waals surface area contributed by atoms with E-state index in [-0.39, 0.29) is 5.91 Å². The monoisotopic (exact) mass is 443 g/mol. The predicted molar refractivity (Wildman–Crippen MR) is 115 cm³/mol. The van der Waals surface area contributed by atoms with Crippen LogP contribution < -0.4 is 5.32 Å². The molecule has 1 N–H and O–H groups in total. The Morgan fingerprint density at radius 1 is 1.23 bits per heavy atom. The molecule has 0 unspecified atom stereocenters. The largest absolute Gasteiger partial charge is 0.357 e. The lowest BCUT2D eigenvalue weighted by Gasteiger charge is -2.27. The number of aromatic nitrogens is 3. The zero-order valence-corrected chi connectivity index (χ0v) is 17.8. The summed E-state index contributed by atoms with van der Waals surface area (Å²) in [6.45, 7) is 5.82. The average molecular weight is 444 g/mol. The summed E-state index contributed by atoms with van der Waals surface area (Å²) >= 11 is 12.1. The summed E-state index contributed by atoms with van der Waals surface area (Å²) in [5.41, 5.74) is 6.15. The van der Waals surface area contributed by atoms with Crippen molar-refractivity contribution in [2.24, 2.45) is 0 Å². The molecule has 2 aliphatic rings. The first-order valence-electron chi connectivity index (χ1n) is 9.62. The van der Waals surface area contributed by atoms with Crippen molar-refractivity contribution in [1.82, 2.24) is 19.8 Å². The second kappa shape index (κ2) is 7.18. The van der Waals surface area contributed by atoms with Crippen molar-refractivity contribution in [3.63, 3.8) is 0 Å². The molecule has 9 heteroatoms. The van der Waals surface area contributed by atoms with Gasteiger partial charge in [-0.3, -0.25) is 9.48 Å². The Morgan fingerprint density at radius 3 is 2.83 bits per heavy atom. The molecule has 2 aromatic heterocycles. The highest BCUT2D eigenvalue weighted by atomic mass is 35.5. The van der Waals surface area contributed by atoms with Gasteiger partial charge in [-0.25, -0.2) is 0 Å². The first kappa shape index (κ1) is 19.2. The van der Waals surface area contributed by atoms with E-state index in [1.807, 2.05) is 9.58 Å². The third-order valence-electron chi connectivity index (χ3n) is 5.59. The van der Waals surface area contributed by atoms with Crippen LogP contribution in [0.2, 0.25) is 10.0 Å². The van der Waals surface area contributed by atoms with Crippen LogP contribution in [0.1, 0.15) is 27.2 Å². The molecule has 5 rings (SSSR count). The Morgan fingerprint density at radius 2 is 2.07 bits per heavy atom. The van der Waals surface area contributed by atoms with Crippen molar-refractivity contribution < 1.29 is 9.32 Å². The van der Waals surface area contributed by atoms with Crippen molar-refractivity contribution in [3.8, 4) is 11.4 Å². The van der Waals surface area contributed by atoms with Crippen LogP contribution >= 0.6 is 23.2 Å². The molecule has 0 fully saturated rings. The number of nitrogens with zero attached hydrogens (tertiary/aromatic N) is 4. The number of rotatable bonds is 2. The molecule has 0 radical (unpaired) electrons. The zero-order valence-electron chi connectivity index (χ0n) is 16.3. The quantitative estimate of drug-likeness (QED) is 0.600. The van der Waals surface area contributed by atoms with Gasteiger partial charge in [0.15, 0.2) is 0 Å². The number of carbonyl (C=O) groups is 1.